The maximum atomic E-state index is 13.0. The zero-order valence-corrected chi connectivity index (χ0v) is 10.00. The van der Waals surface area contributed by atoms with Gasteiger partial charge in [0.1, 0.15) is 11.6 Å². The highest BCUT2D eigenvalue weighted by molar-refractivity contribution is 5.72. The zero-order valence-electron chi connectivity index (χ0n) is 10.00. The number of halogens is 4. The van der Waals surface area contributed by atoms with Crippen LogP contribution in [0.15, 0.2) is 18.2 Å². The van der Waals surface area contributed by atoms with Crippen molar-refractivity contribution in [3.05, 3.63) is 29.6 Å². The average molecular weight is 280 g/mol. The van der Waals surface area contributed by atoms with E-state index in [1.165, 1.54) is 0 Å². The summed E-state index contributed by atoms with van der Waals surface area (Å²) in [6.07, 6.45) is -5.47. The van der Waals surface area contributed by atoms with Crippen molar-refractivity contribution in [2.24, 2.45) is 0 Å². The fraction of sp³-hybridized carbons (Fsp3) is 0.417. The lowest BCUT2D eigenvalue weighted by molar-refractivity contribution is -0.145. The first-order valence-electron chi connectivity index (χ1n) is 5.52. The van der Waals surface area contributed by atoms with E-state index in [2.05, 4.69) is 0 Å². The summed E-state index contributed by atoms with van der Waals surface area (Å²) in [5, 5.41) is 8.83. The van der Waals surface area contributed by atoms with E-state index < -0.39 is 29.6 Å². The second kappa shape index (κ2) is 5.90. The lowest BCUT2D eigenvalue weighted by atomic mass is 10.2. The summed E-state index contributed by atoms with van der Waals surface area (Å²) in [4.78, 5) is 10.8. The third kappa shape index (κ3) is 4.11. The third-order valence-electron chi connectivity index (χ3n) is 2.35. The number of ether oxygens (including phenoxy) is 1. The van der Waals surface area contributed by atoms with Gasteiger partial charge in [0.15, 0.2) is 6.10 Å². The molecule has 1 aromatic rings. The molecule has 1 unspecified atom stereocenters. The largest absolute Gasteiger partial charge is 0.479 e. The van der Waals surface area contributed by atoms with Crippen LogP contribution < -0.4 is 4.74 Å². The smallest absolute Gasteiger partial charge is 0.419 e. The Kier molecular flexibility index (Phi) is 4.74. The summed E-state index contributed by atoms with van der Waals surface area (Å²) in [5.74, 6) is -3.03. The minimum atomic E-state index is -4.85. The van der Waals surface area contributed by atoms with Gasteiger partial charge in [0, 0.05) is 0 Å². The SMILES string of the molecule is CCCC(Oc1ccc(F)c(C(F)(F)F)c1)C(=O)O. The fourth-order valence-electron chi connectivity index (χ4n) is 1.45. The number of carboxylic acids is 1. The Morgan fingerprint density at radius 2 is 2.05 bits per heavy atom. The fourth-order valence-corrected chi connectivity index (χ4v) is 1.45. The van der Waals surface area contributed by atoms with Gasteiger partial charge in [0.05, 0.1) is 5.56 Å². The number of benzene rings is 1. The molecule has 106 valence electrons. The lowest BCUT2D eigenvalue weighted by Gasteiger charge is -2.16. The van der Waals surface area contributed by atoms with E-state index in [4.69, 9.17) is 9.84 Å². The standard InChI is InChI=1S/C12H12F4O3/c1-2-3-10(11(17)18)19-7-4-5-9(13)8(6-7)12(14,15)16/h4-6,10H,2-3H2,1H3,(H,17,18). The van der Waals surface area contributed by atoms with Crippen molar-refractivity contribution in [2.75, 3.05) is 0 Å². The van der Waals surface area contributed by atoms with Gasteiger partial charge in [-0.1, -0.05) is 13.3 Å². The molecule has 0 aliphatic carbocycles. The van der Waals surface area contributed by atoms with Gasteiger partial charge in [-0.15, -0.1) is 0 Å². The summed E-state index contributed by atoms with van der Waals surface area (Å²) in [6.45, 7) is 1.71. The quantitative estimate of drug-likeness (QED) is 0.840. The molecule has 0 heterocycles. The summed E-state index contributed by atoms with van der Waals surface area (Å²) in [6, 6.07) is 2.03. The first-order valence-corrected chi connectivity index (χ1v) is 5.52. The molecule has 7 heteroatoms. The van der Waals surface area contributed by atoms with Gasteiger partial charge in [0.2, 0.25) is 0 Å². The molecule has 0 radical (unpaired) electrons. The van der Waals surface area contributed by atoms with Crippen LogP contribution in [0.3, 0.4) is 0 Å². The number of carboxylic acid groups (broad SMARTS) is 1. The number of rotatable bonds is 5. The van der Waals surface area contributed by atoms with E-state index in [0.717, 1.165) is 6.07 Å². The molecule has 1 atom stereocenters. The van der Waals surface area contributed by atoms with Crippen LogP contribution in [0.5, 0.6) is 5.75 Å². The van der Waals surface area contributed by atoms with Crippen molar-refractivity contribution < 1.29 is 32.2 Å². The predicted molar refractivity (Wildman–Crippen MR) is 58.4 cm³/mol. The minimum absolute atomic E-state index is 0.147. The Morgan fingerprint density at radius 3 is 2.53 bits per heavy atom. The lowest BCUT2D eigenvalue weighted by Crippen LogP contribution is -2.26. The van der Waals surface area contributed by atoms with E-state index in [1.54, 1.807) is 6.92 Å². The van der Waals surface area contributed by atoms with E-state index >= 15 is 0 Å². The molecule has 1 aromatic carbocycles. The van der Waals surface area contributed by atoms with Crippen molar-refractivity contribution in [3.63, 3.8) is 0 Å². The molecule has 0 aliphatic heterocycles. The van der Waals surface area contributed by atoms with Gasteiger partial charge < -0.3 is 9.84 Å². The van der Waals surface area contributed by atoms with Gasteiger partial charge in [-0.25, -0.2) is 9.18 Å². The number of carbonyl (C=O) groups is 1. The maximum absolute atomic E-state index is 13.0. The highest BCUT2D eigenvalue weighted by atomic mass is 19.4. The molecule has 0 fully saturated rings. The van der Waals surface area contributed by atoms with Gasteiger partial charge in [-0.2, -0.15) is 13.2 Å². The Hall–Kier alpha value is -1.79. The highest BCUT2D eigenvalue weighted by Gasteiger charge is 2.34. The van der Waals surface area contributed by atoms with Crippen LogP contribution in [0.25, 0.3) is 0 Å². The highest BCUT2D eigenvalue weighted by Crippen LogP contribution is 2.33. The van der Waals surface area contributed by atoms with Crippen LogP contribution >= 0.6 is 0 Å². The molecule has 0 amide bonds. The molecule has 0 saturated carbocycles. The Bertz CT molecular complexity index is 457. The van der Waals surface area contributed by atoms with E-state index in [0.29, 0.717) is 18.6 Å². The van der Waals surface area contributed by atoms with Gasteiger partial charge >= 0.3 is 12.1 Å². The minimum Gasteiger partial charge on any atom is -0.479 e. The average Bonchev–Trinajstić information content (AvgIpc) is 2.29. The molecular formula is C12H12F4O3. The van der Waals surface area contributed by atoms with Gasteiger partial charge in [0.25, 0.3) is 0 Å². The Morgan fingerprint density at radius 1 is 1.42 bits per heavy atom. The van der Waals surface area contributed by atoms with Gasteiger partial charge in [-0.3, -0.25) is 0 Å². The molecular weight excluding hydrogens is 268 g/mol. The maximum Gasteiger partial charge on any atom is 0.419 e. The molecule has 0 aromatic heterocycles. The number of hydrogen-bond acceptors (Lipinski definition) is 2. The Labute approximate surface area is 106 Å². The van der Waals surface area contributed by atoms with Crippen molar-refractivity contribution in [1.29, 1.82) is 0 Å². The number of aliphatic carboxylic acids is 1. The van der Waals surface area contributed by atoms with Crippen LogP contribution in [0.1, 0.15) is 25.3 Å². The molecule has 0 aliphatic rings. The molecule has 1 N–H and O–H groups in total. The summed E-state index contributed by atoms with van der Waals surface area (Å²) in [7, 11) is 0. The molecule has 0 spiro atoms. The topological polar surface area (TPSA) is 46.5 Å². The monoisotopic (exact) mass is 280 g/mol. The van der Waals surface area contributed by atoms with E-state index in [9.17, 15) is 22.4 Å². The van der Waals surface area contributed by atoms with Crippen molar-refractivity contribution in [3.8, 4) is 5.75 Å². The van der Waals surface area contributed by atoms with Crippen LogP contribution in [-0.4, -0.2) is 17.2 Å². The predicted octanol–water partition coefficient (Wildman–Crippen LogP) is 3.48. The molecule has 1 rings (SSSR count). The van der Waals surface area contributed by atoms with Crippen molar-refractivity contribution in [2.45, 2.75) is 32.0 Å². The van der Waals surface area contributed by atoms with Crippen molar-refractivity contribution in [1.82, 2.24) is 0 Å². The third-order valence-corrected chi connectivity index (χ3v) is 2.35. The van der Waals surface area contributed by atoms with Crippen LogP contribution in [0, 0.1) is 5.82 Å². The molecule has 0 bridgehead atoms. The first kappa shape index (κ1) is 15.3. The summed E-state index contributed by atoms with van der Waals surface area (Å²) in [5.41, 5.74) is -1.48. The van der Waals surface area contributed by atoms with E-state index in [1.807, 2.05) is 0 Å². The van der Waals surface area contributed by atoms with E-state index in [-0.39, 0.29) is 12.2 Å². The second-order valence-corrected chi connectivity index (χ2v) is 3.87. The normalized spacial score (nSPS) is 13.1. The summed E-state index contributed by atoms with van der Waals surface area (Å²) < 4.78 is 55.3. The Balaban J connectivity index is 2.99. The zero-order chi connectivity index (χ0) is 14.6. The number of hydrogen-bond donors (Lipinski definition) is 1. The molecule has 19 heavy (non-hydrogen) atoms. The van der Waals surface area contributed by atoms with Crippen LogP contribution in [-0.2, 0) is 11.0 Å². The van der Waals surface area contributed by atoms with Crippen molar-refractivity contribution >= 4 is 5.97 Å². The first-order chi connectivity index (χ1) is 8.75. The number of alkyl halides is 3. The second-order valence-electron chi connectivity index (χ2n) is 3.87. The van der Waals surface area contributed by atoms with Crippen LogP contribution in [0.4, 0.5) is 17.6 Å². The van der Waals surface area contributed by atoms with Gasteiger partial charge in [-0.05, 0) is 24.6 Å². The van der Waals surface area contributed by atoms with Crippen LogP contribution in [0.2, 0.25) is 0 Å². The molecule has 3 nitrogen and oxygen atoms in total. The molecule has 0 saturated heterocycles. The summed E-state index contributed by atoms with van der Waals surface area (Å²) >= 11 is 0.